The second-order valence-corrected chi connectivity index (χ2v) is 6.56. The van der Waals surface area contributed by atoms with Crippen molar-refractivity contribution in [2.45, 2.75) is 24.5 Å². The van der Waals surface area contributed by atoms with Gasteiger partial charge in [-0.15, -0.1) is 0 Å². The Bertz CT molecular complexity index is 877. The molecule has 0 unspecified atom stereocenters. The van der Waals surface area contributed by atoms with Crippen molar-refractivity contribution in [3.8, 4) is 0 Å². The monoisotopic (exact) mass is 377 g/mol. The van der Waals surface area contributed by atoms with Crippen LogP contribution in [0.5, 0.6) is 0 Å². The Morgan fingerprint density at radius 3 is 2.88 bits per heavy atom. The van der Waals surface area contributed by atoms with Gasteiger partial charge in [-0.25, -0.2) is 9.55 Å². The first-order valence-corrected chi connectivity index (χ1v) is 8.53. The molecule has 1 aliphatic rings. The second-order valence-electron chi connectivity index (χ2n) is 5.32. The lowest BCUT2D eigenvalue weighted by atomic mass is 10.1. The van der Waals surface area contributed by atoms with Crippen molar-refractivity contribution in [2.24, 2.45) is 0 Å². The highest BCUT2D eigenvalue weighted by atomic mass is 31.2. The minimum atomic E-state index is -4.72. The predicted molar refractivity (Wildman–Crippen MR) is 81.3 cm³/mol. The van der Waals surface area contributed by atoms with E-state index in [1.54, 1.807) is 0 Å². The number of rotatable bonds is 5. The summed E-state index contributed by atoms with van der Waals surface area (Å²) in [6.07, 6.45) is -2.99. The fourth-order valence-corrected chi connectivity index (χ4v) is 3.02. The molecule has 0 amide bonds. The molecular formula is C11H16N5O8P. The van der Waals surface area contributed by atoms with Crippen LogP contribution in [0.1, 0.15) is 6.23 Å². The van der Waals surface area contributed by atoms with Crippen molar-refractivity contribution in [1.82, 2.24) is 19.5 Å². The zero-order chi connectivity index (χ0) is 18.4. The number of aromatic amines is 1. The van der Waals surface area contributed by atoms with Crippen LogP contribution in [-0.4, -0.2) is 66.4 Å². The molecule has 0 aliphatic carbocycles. The van der Waals surface area contributed by atoms with Crippen molar-refractivity contribution < 1.29 is 33.5 Å². The van der Waals surface area contributed by atoms with Gasteiger partial charge in [-0.3, -0.25) is 18.9 Å². The first kappa shape index (κ1) is 17.9. The van der Waals surface area contributed by atoms with Crippen molar-refractivity contribution in [1.29, 1.82) is 0 Å². The number of ether oxygens (including phenoxy) is 2. The third-order valence-electron chi connectivity index (χ3n) is 3.71. The first-order valence-electron chi connectivity index (χ1n) is 7.00. The summed E-state index contributed by atoms with van der Waals surface area (Å²) < 4.78 is 27.3. The number of H-pyrrole nitrogens is 1. The summed E-state index contributed by atoms with van der Waals surface area (Å²) in [5.41, 5.74) is 5.04. The molecule has 0 radical (unpaired) electrons. The van der Waals surface area contributed by atoms with Crippen LogP contribution in [0.3, 0.4) is 0 Å². The Kier molecular flexibility index (Phi) is 4.64. The molecule has 1 fully saturated rings. The molecule has 2 aromatic heterocycles. The third kappa shape index (κ3) is 3.43. The number of aromatic nitrogens is 4. The number of hydrogen-bond donors (Lipinski definition) is 5. The average Bonchev–Trinajstić information content (AvgIpc) is 3.05. The Hall–Kier alpha value is -1.86. The summed E-state index contributed by atoms with van der Waals surface area (Å²) >= 11 is 0. The van der Waals surface area contributed by atoms with Crippen LogP contribution in [0, 0.1) is 0 Å². The number of nitrogen functional groups attached to an aromatic ring is 1. The SMILES string of the molecule is CO[C@H]1[C@@H](O)[C@H](n2cnc3c(=O)[nH]c(N)nc32)O[C@@H]1COP(=O)(O)O. The van der Waals surface area contributed by atoms with E-state index >= 15 is 0 Å². The van der Waals surface area contributed by atoms with Gasteiger partial charge in [0, 0.05) is 7.11 Å². The van der Waals surface area contributed by atoms with E-state index in [1.807, 2.05) is 0 Å². The summed E-state index contributed by atoms with van der Waals surface area (Å²) in [7, 11) is -3.41. The molecule has 13 nitrogen and oxygen atoms in total. The first-order chi connectivity index (χ1) is 11.7. The van der Waals surface area contributed by atoms with Gasteiger partial charge in [-0.2, -0.15) is 4.98 Å². The lowest BCUT2D eigenvalue weighted by Gasteiger charge is -2.18. The lowest BCUT2D eigenvalue weighted by Crippen LogP contribution is -2.35. The molecule has 0 aromatic carbocycles. The van der Waals surface area contributed by atoms with Crippen LogP contribution < -0.4 is 11.3 Å². The Balaban J connectivity index is 1.93. The summed E-state index contributed by atoms with van der Waals surface area (Å²) in [5.74, 6) is -0.142. The van der Waals surface area contributed by atoms with Gasteiger partial charge >= 0.3 is 7.82 Å². The van der Waals surface area contributed by atoms with E-state index in [0.29, 0.717) is 0 Å². The average molecular weight is 377 g/mol. The van der Waals surface area contributed by atoms with E-state index in [9.17, 15) is 14.5 Å². The van der Waals surface area contributed by atoms with E-state index in [-0.39, 0.29) is 17.1 Å². The quantitative estimate of drug-likeness (QED) is 0.364. The summed E-state index contributed by atoms with van der Waals surface area (Å²) in [4.78, 5) is 39.6. The number of nitrogens with two attached hydrogens (primary N) is 1. The van der Waals surface area contributed by atoms with E-state index in [1.165, 1.54) is 18.0 Å². The molecule has 1 aliphatic heterocycles. The molecule has 25 heavy (non-hydrogen) atoms. The molecule has 3 heterocycles. The van der Waals surface area contributed by atoms with Crippen molar-refractivity contribution in [2.75, 3.05) is 19.5 Å². The number of hydrogen-bond acceptors (Lipinski definition) is 9. The Morgan fingerprint density at radius 2 is 2.24 bits per heavy atom. The van der Waals surface area contributed by atoms with E-state index in [0.717, 1.165) is 0 Å². The summed E-state index contributed by atoms with van der Waals surface area (Å²) in [6.45, 7) is -0.515. The Labute approximate surface area is 139 Å². The molecule has 0 saturated carbocycles. The number of nitrogens with zero attached hydrogens (tertiary/aromatic N) is 3. The number of aliphatic hydroxyl groups is 1. The third-order valence-corrected chi connectivity index (χ3v) is 4.20. The highest BCUT2D eigenvalue weighted by Gasteiger charge is 2.46. The highest BCUT2D eigenvalue weighted by molar-refractivity contribution is 7.46. The van der Waals surface area contributed by atoms with Crippen LogP contribution in [0.2, 0.25) is 0 Å². The van der Waals surface area contributed by atoms with Crippen LogP contribution >= 0.6 is 7.82 Å². The summed E-state index contributed by atoms with van der Waals surface area (Å²) in [5, 5.41) is 10.4. The minimum absolute atomic E-state index is 0.00566. The largest absolute Gasteiger partial charge is 0.469 e. The molecule has 0 spiro atoms. The van der Waals surface area contributed by atoms with Gasteiger partial charge in [0.2, 0.25) is 5.95 Å². The summed E-state index contributed by atoms with van der Waals surface area (Å²) in [6, 6.07) is 0. The lowest BCUT2D eigenvalue weighted by molar-refractivity contribution is -0.0527. The van der Waals surface area contributed by atoms with Gasteiger partial charge in [-0.05, 0) is 0 Å². The number of methoxy groups -OCH3 is 1. The van der Waals surface area contributed by atoms with Crippen molar-refractivity contribution in [3.63, 3.8) is 0 Å². The highest BCUT2D eigenvalue weighted by Crippen LogP contribution is 2.39. The molecule has 4 atom stereocenters. The molecule has 1 saturated heterocycles. The van der Waals surface area contributed by atoms with Crippen LogP contribution in [-0.2, 0) is 18.6 Å². The van der Waals surface area contributed by atoms with Crippen LogP contribution in [0.25, 0.3) is 11.2 Å². The molecule has 138 valence electrons. The molecule has 6 N–H and O–H groups in total. The van der Waals surface area contributed by atoms with Gasteiger partial charge < -0.3 is 30.1 Å². The van der Waals surface area contributed by atoms with E-state index in [4.69, 9.17) is 25.0 Å². The van der Waals surface area contributed by atoms with E-state index < -0.39 is 44.5 Å². The predicted octanol–water partition coefficient (Wildman–Crippen LogP) is -1.92. The normalized spacial score (nSPS) is 27.2. The standard InChI is InChI=1S/C11H16N5O8P/c1-22-7-4(2-23-25(19,20)21)24-10(6(7)17)16-3-13-5-8(16)14-11(12)15-9(5)18/h3-4,6-7,10,17H,2H2,1H3,(H2,19,20,21)(H3,12,14,15,18)/t4-,6-,7-,10-/m1/s1. The van der Waals surface area contributed by atoms with Crippen LogP contribution in [0.15, 0.2) is 11.1 Å². The smallest absolute Gasteiger partial charge is 0.386 e. The van der Waals surface area contributed by atoms with Gasteiger partial charge in [0.1, 0.15) is 18.3 Å². The fraction of sp³-hybridized carbons (Fsp3) is 0.545. The zero-order valence-corrected chi connectivity index (χ0v) is 13.7. The van der Waals surface area contributed by atoms with E-state index in [2.05, 4.69) is 19.5 Å². The van der Waals surface area contributed by atoms with Crippen molar-refractivity contribution in [3.05, 3.63) is 16.7 Å². The number of phosphoric ester groups is 1. The molecule has 0 bridgehead atoms. The number of anilines is 1. The molecule has 3 rings (SSSR count). The fourth-order valence-electron chi connectivity index (χ4n) is 2.67. The number of nitrogens with one attached hydrogen (secondary N) is 1. The molecule has 14 heteroatoms. The van der Waals surface area contributed by atoms with Gasteiger partial charge in [0.15, 0.2) is 17.4 Å². The Morgan fingerprint density at radius 1 is 1.52 bits per heavy atom. The van der Waals surface area contributed by atoms with Gasteiger partial charge in [0.25, 0.3) is 5.56 Å². The number of fused-ring (bicyclic) bond motifs is 1. The van der Waals surface area contributed by atoms with Crippen molar-refractivity contribution >= 4 is 24.9 Å². The number of imidazole rings is 1. The molecule has 2 aromatic rings. The number of phosphoric acid groups is 1. The zero-order valence-electron chi connectivity index (χ0n) is 12.8. The van der Waals surface area contributed by atoms with Gasteiger partial charge in [-0.1, -0.05) is 0 Å². The topological polar surface area (TPSA) is 195 Å². The van der Waals surface area contributed by atoms with Gasteiger partial charge in [0.05, 0.1) is 12.9 Å². The minimum Gasteiger partial charge on any atom is -0.386 e. The second kappa shape index (κ2) is 6.46. The maximum atomic E-state index is 11.8. The maximum absolute atomic E-state index is 11.8. The molecular weight excluding hydrogens is 361 g/mol. The number of aliphatic hydroxyl groups excluding tert-OH is 1. The maximum Gasteiger partial charge on any atom is 0.469 e. The van der Waals surface area contributed by atoms with Crippen LogP contribution in [0.4, 0.5) is 5.95 Å².